The number of carbonyl (C=O) groups is 2. The summed E-state index contributed by atoms with van der Waals surface area (Å²) in [7, 11) is -4.58. The number of esters is 2. The van der Waals surface area contributed by atoms with Gasteiger partial charge < -0.3 is 19.5 Å². The van der Waals surface area contributed by atoms with E-state index in [0.717, 1.165) is 55.7 Å². The number of hydrogen-bond donors (Lipinski definition) is 1. The number of methoxy groups -OCH3 is 2. The van der Waals surface area contributed by atoms with E-state index < -0.39 is 32.0 Å². The second-order valence-electron chi connectivity index (χ2n) is 12.8. The molecule has 56 heavy (non-hydrogen) atoms. The quantitative estimate of drug-likeness (QED) is 0.147. The maximum absolute atomic E-state index is 13.4. The van der Waals surface area contributed by atoms with E-state index in [1.807, 2.05) is 24.3 Å². The minimum Gasteiger partial charge on any atom is -0.465 e. The zero-order chi connectivity index (χ0) is 40.6. The predicted octanol–water partition coefficient (Wildman–Crippen LogP) is 4.76. The topological polar surface area (TPSA) is 154 Å². The predicted molar refractivity (Wildman–Crippen MR) is 218 cm³/mol. The molecule has 13 nitrogen and oxygen atoms in total. The van der Waals surface area contributed by atoms with Gasteiger partial charge in [-0.25, -0.2) is 26.4 Å². The van der Waals surface area contributed by atoms with E-state index in [9.17, 15) is 26.4 Å². The van der Waals surface area contributed by atoms with Crippen LogP contribution >= 0.6 is 0 Å². The van der Waals surface area contributed by atoms with Crippen LogP contribution in [0.2, 0.25) is 0 Å². The van der Waals surface area contributed by atoms with Crippen molar-refractivity contribution in [2.75, 3.05) is 74.5 Å². The first kappa shape index (κ1) is 43.7. The molecule has 1 aliphatic rings. The van der Waals surface area contributed by atoms with Crippen LogP contribution in [-0.4, -0.2) is 110 Å². The Labute approximate surface area is 330 Å². The first-order valence-corrected chi connectivity index (χ1v) is 21.2. The number of hydrogen-bond acceptors (Lipinski definition) is 11. The highest BCUT2D eigenvalue weighted by atomic mass is 32.2. The van der Waals surface area contributed by atoms with Crippen molar-refractivity contribution in [1.82, 2.24) is 9.80 Å². The van der Waals surface area contributed by atoms with Crippen molar-refractivity contribution in [2.45, 2.75) is 19.5 Å². The smallest absolute Gasteiger partial charge is 0.337 e. The van der Waals surface area contributed by atoms with Gasteiger partial charge in [0.1, 0.15) is 0 Å². The van der Waals surface area contributed by atoms with Crippen LogP contribution in [0.5, 0.6) is 0 Å². The number of carbonyl (C=O) groups excluding carboxylic acids is 2. The molecule has 4 aromatic rings. The fourth-order valence-electron chi connectivity index (χ4n) is 5.90. The molecule has 0 unspecified atom stereocenters. The lowest BCUT2D eigenvalue weighted by molar-refractivity contribution is 0.0592. The molecule has 0 saturated carbocycles. The van der Waals surface area contributed by atoms with Gasteiger partial charge >= 0.3 is 11.9 Å². The third-order valence-electron chi connectivity index (χ3n) is 9.11. The maximum Gasteiger partial charge on any atom is 0.337 e. The molecule has 0 atom stereocenters. The molecule has 0 bridgehead atoms. The molecule has 0 radical (unpaired) electrons. The molecular formula is C41H50N4O9S2. The molecule has 1 aliphatic heterocycles. The van der Waals surface area contributed by atoms with Crippen LogP contribution in [0.3, 0.4) is 0 Å². The molecule has 15 heteroatoms. The van der Waals surface area contributed by atoms with E-state index in [2.05, 4.69) is 21.1 Å². The van der Waals surface area contributed by atoms with Crippen LogP contribution in [-0.2, 0) is 42.6 Å². The molecular weight excluding hydrogens is 757 g/mol. The summed E-state index contributed by atoms with van der Waals surface area (Å²) in [5, 5.41) is 9.91. The molecule has 1 saturated heterocycles. The van der Waals surface area contributed by atoms with E-state index in [4.69, 9.17) is 9.84 Å². The lowest BCUT2D eigenvalue weighted by atomic mass is 10.1. The molecule has 0 aliphatic carbocycles. The Kier molecular flexibility index (Phi) is 16.6. The van der Waals surface area contributed by atoms with Crippen molar-refractivity contribution in [1.29, 1.82) is 0 Å². The van der Waals surface area contributed by atoms with Gasteiger partial charge in [0.05, 0.1) is 55.6 Å². The SMILES string of the molecule is C=CS(=O)(=O)N(Cc1ccc(C(=O)OC)cc1)c1ccccc1.COC(=O)c1ccc(CN(c2ccccc2)S(=O)(=O)CCN2CCN(CCCO)CC2)cc1. The molecule has 300 valence electrons. The van der Waals surface area contributed by atoms with Gasteiger partial charge in [0.25, 0.3) is 10.0 Å². The molecule has 1 fully saturated rings. The molecule has 0 aromatic heterocycles. The maximum atomic E-state index is 13.4. The van der Waals surface area contributed by atoms with Crippen molar-refractivity contribution in [3.8, 4) is 0 Å². The van der Waals surface area contributed by atoms with Crippen LogP contribution in [0.4, 0.5) is 11.4 Å². The Morgan fingerprint density at radius 3 is 1.48 bits per heavy atom. The molecule has 0 amide bonds. The number of nitrogens with zero attached hydrogens (tertiary/aromatic N) is 4. The first-order chi connectivity index (χ1) is 26.9. The summed E-state index contributed by atoms with van der Waals surface area (Å²) >= 11 is 0. The van der Waals surface area contributed by atoms with Crippen LogP contribution in [0.1, 0.15) is 38.3 Å². The first-order valence-electron chi connectivity index (χ1n) is 18.1. The van der Waals surface area contributed by atoms with E-state index in [1.54, 1.807) is 84.9 Å². The van der Waals surface area contributed by atoms with Gasteiger partial charge in [-0.05, 0) is 66.1 Å². The fourth-order valence-corrected chi connectivity index (χ4v) is 8.32. The lowest BCUT2D eigenvalue weighted by Crippen LogP contribution is -2.48. The van der Waals surface area contributed by atoms with Crippen LogP contribution < -0.4 is 8.61 Å². The number of aliphatic hydroxyl groups excluding tert-OH is 1. The zero-order valence-electron chi connectivity index (χ0n) is 31.8. The number of benzene rings is 4. The number of piperazine rings is 1. The Balaban J connectivity index is 0.000000265. The second kappa shape index (κ2) is 21.3. The van der Waals surface area contributed by atoms with Crippen molar-refractivity contribution < 1.29 is 41.0 Å². The Hall–Kier alpha value is -5.06. The summed E-state index contributed by atoms with van der Waals surface area (Å²) in [6.45, 7) is 8.65. The normalized spacial score (nSPS) is 13.5. The summed E-state index contributed by atoms with van der Waals surface area (Å²) in [6, 6.07) is 31.2. The fraction of sp³-hybridized carbons (Fsp3) is 0.317. The highest BCUT2D eigenvalue weighted by Crippen LogP contribution is 2.23. The Bertz CT molecular complexity index is 2060. The lowest BCUT2D eigenvalue weighted by Gasteiger charge is -2.35. The summed E-state index contributed by atoms with van der Waals surface area (Å²) in [6.07, 6.45) is 0.765. The largest absolute Gasteiger partial charge is 0.465 e. The standard InChI is InChI=1S/C24H33N3O5S.C17H17NO4S/c1-32-24(29)22-10-8-21(9-11-22)20-27(23-6-3-2-4-7-23)33(30,31)19-17-26-15-13-25(14-16-26)12-5-18-28;1-3-23(20,21)18(16-7-5-4-6-8-16)13-14-9-11-15(12-10-14)17(19)22-2/h2-4,6-11,28H,5,12-20H2,1H3;3-12H,1,13H2,2H3. The van der Waals surface area contributed by atoms with E-state index in [-0.39, 0.29) is 25.4 Å². The zero-order valence-corrected chi connectivity index (χ0v) is 33.4. The summed E-state index contributed by atoms with van der Waals surface area (Å²) in [5.74, 6) is -0.834. The minimum absolute atomic E-state index is 0.0266. The monoisotopic (exact) mass is 806 g/mol. The van der Waals surface area contributed by atoms with Crippen LogP contribution in [0, 0.1) is 0 Å². The van der Waals surface area contributed by atoms with Gasteiger partial charge in [-0.15, -0.1) is 0 Å². The van der Waals surface area contributed by atoms with Gasteiger partial charge in [-0.2, -0.15) is 0 Å². The van der Waals surface area contributed by atoms with E-state index in [0.29, 0.717) is 29.0 Å². The Morgan fingerprint density at radius 1 is 0.661 bits per heavy atom. The van der Waals surface area contributed by atoms with Crippen molar-refractivity contribution in [3.63, 3.8) is 0 Å². The molecule has 0 spiro atoms. The van der Waals surface area contributed by atoms with Gasteiger partial charge in [0.15, 0.2) is 0 Å². The number of para-hydroxylation sites is 2. The highest BCUT2D eigenvalue weighted by molar-refractivity contribution is 7.95. The van der Waals surface area contributed by atoms with E-state index >= 15 is 0 Å². The summed E-state index contributed by atoms with van der Waals surface area (Å²) < 4.78 is 63.4. The molecule has 1 N–H and O–H groups in total. The number of sulfonamides is 2. The minimum atomic E-state index is -3.64. The number of aliphatic hydroxyl groups is 1. The third-order valence-corrected chi connectivity index (χ3v) is 12.2. The summed E-state index contributed by atoms with van der Waals surface area (Å²) in [5.41, 5.74) is 3.52. The van der Waals surface area contributed by atoms with E-state index in [1.165, 1.54) is 22.8 Å². The van der Waals surface area contributed by atoms with Gasteiger partial charge in [0, 0.05) is 51.3 Å². The molecule has 5 rings (SSSR count). The van der Waals surface area contributed by atoms with Crippen molar-refractivity contribution in [3.05, 3.63) is 143 Å². The third kappa shape index (κ3) is 12.7. The highest BCUT2D eigenvalue weighted by Gasteiger charge is 2.26. The Morgan fingerprint density at radius 2 is 1.07 bits per heavy atom. The number of rotatable bonds is 17. The second-order valence-corrected chi connectivity index (χ2v) is 16.7. The number of anilines is 2. The summed E-state index contributed by atoms with van der Waals surface area (Å²) in [4.78, 5) is 27.6. The molecule has 4 aromatic carbocycles. The molecule has 1 heterocycles. The average Bonchev–Trinajstić information content (AvgIpc) is 3.24. The average molecular weight is 807 g/mol. The van der Waals surface area contributed by atoms with Crippen LogP contribution in [0.25, 0.3) is 0 Å². The van der Waals surface area contributed by atoms with Gasteiger partial charge in [-0.1, -0.05) is 67.2 Å². The van der Waals surface area contributed by atoms with Gasteiger partial charge in [-0.3, -0.25) is 13.5 Å². The number of ether oxygens (including phenoxy) is 2. The van der Waals surface area contributed by atoms with Crippen LogP contribution in [0.15, 0.2) is 121 Å². The van der Waals surface area contributed by atoms with Crippen molar-refractivity contribution >= 4 is 43.4 Å². The van der Waals surface area contributed by atoms with Crippen molar-refractivity contribution in [2.24, 2.45) is 0 Å². The van der Waals surface area contributed by atoms with Gasteiger partial charge in [0.2, 0.25) is 10.0 Å².